The van der Waals surface area contributed by atoms with E-state index in [-0.39, 0.29) is 5.91 Å². The van der Waals surface area contributed by atoms with Crippen LogP contribution in [0, 0.1) is 0 Å². The number of fused-ring (bicyclic) bond motifs is 1. The summed E-state index contributed by atoms with van der Waals surface area (Å²) in [6.07, 6.45) is 0. The van der Waals surface area contributed by atoms with Gasteiger partial charge in [-0.3, -0.25) is 4.79 Å². The van der Waals surface area contributed by atoms with E-state index in [0.717, 1.165) is 16.7 Å². The van der Waals surface area contributed by atoms with E-state index in [1.54, 1.807) is 11.8 Å². The highest BCUT2D eigenvalue weighted by atomic mass is 35.5. The molecule has 0 saturated carbocycles. The molecule has 12 heteroatoms. The topological polar surface area (TPSA) is 99.5 Å². The lowest BCUT2D eigenvalue weighted by Gasteiger charge is -2.29. The Balaban J connectivity index is 1.35. The van der Waals surface area contributed by atoms with Gasteiger partial charge < -0.3 is 24.8 Å². The average Bonchev–Trinajstić information content (AvgIpc) is 3.50. The number of methoxy groups -OCH3 is 1. The lowest BCUT2D eigenvalue weighted by Crippen LogP contribution is -2.31. The quantitative estimate of drug-likeness (QED) is 0.125. The molecular formula is C36H33Cl2N5O4S. The number of nitrogens with one attached hydrogen (secondary N) is 2. The first kappa shape index (κ1) is 33.3. The number of nitrogens with zero attached hydrogens (tertiary/aromatic N) is 3. The monoisotopic (exact) mass is 701 g/mol. The molecule has 0 saturated heterocycles. The number of rotatable bonds is 12. The van der Waals surface area contributed by atoms with Crippen LogP contribution in [0.4, 0.5) is 11.6 Å². The molecule has 0 spiro atoms. The highest BCUT2D eigenvalue weighted by molar-refractivity contribution is 7.98. The summed E-state index contributed by atoms with van der Waals surface area (Å²) in [6, 6.07) is 27.5. The maximum absolute atomic E-state index is 14.2. The molecule has 2 N–H and O–H groups in total. The number of hydrogen-bond donors (Lipinski definition) is 2. The molecule has 1 unspecified atom stereocenters. The van der Waals surface area contributed by atoms with Crippen molar-refractivity contribution < 1.29 is 19.0 Å². The van der Waals surface area contributed by atoms with Crippen LogP contribution in [-0.2, 0) is 17.2 Å². The minimum atomic E-state index is -0.651. The number of ether oxygens (including phenoxy) is 3. The molecule has 5 aromatic rings. The fourth-order valence-electron chi connectivity index (χ4n) is 5.31. The first-order valence-corrected chi connectivity index (χ1v) is 17.0. The molecule has 0 fully saturated rings. The van der Waals surface area contributed by atoms with Crippen molar-refractivity contribution in [1.82, 2.24) is 14.8 Å². The molecule has 6 rings (SSSR count). The molecule has 48 heavy (non-hydrogen) atoms. The SMILES string of the molecule is CCOc1ccccc1NC(=O)C1=C(C)Nc2nc(SCc3ccccc3Cl)nn2C1c1ccc(OCc2ccc(Cl)cc2)c(OC)c1. The van der Waals surface area contributed by atoms with Crippen molar-refractivity contribution in [3.8, 4) is 17.2 Å². The number of para-hydroxylation sites is 2. The van der Waals surface area contributed by atoms with Crippen LogP contribution >= 0.6 is 35.0 Å². The van der Waals surface area contributed by atoms with Crippen LogP contribution in [0.15, 0.2) is 107 Å². The minimum Gasteiger partial charge on any atom is -0.493 e. The largest absolute Gasteiger partial charge is 0.493 e. The van der Waals surface area contributed by atoms with Gasteiger partial charge in [-0.05, 0) is 73.0 Å². The molecule has 4 aromatic carbocycles. The Hall–Kier alpha value is -4.64. The van der Waals surface area contributed by atoms with E-state index in [1.807, 2.05) is 105 Å². The van der Waals surface area contributed by atoms with Crippen LogP contribution < -0.4 is 24.8 Å². The first-order chi connectivity index (χ1) is 23.3. The van der Waals surface area contributed by atoms with E-state index in [2.05, 4.69) is 10.6 Å². The van der Waals surface area contributed by atoms with Crippen molar-refractivity contribution in [3.05, 3.63) is 129 Å². The Morgan fingerprint density at radius 1 is 0.958 bits per heavy atom. The van der Waals surface area contributed by atoms with Gasteiger partial charge >= 0.3 is 0 Å². The molecule has 1 amide bonds. The molecule has 0 radical (unpaired) electrons. The molecule has 1 aliphatic rings. The van der Waals surface area contributed by atoms with E-state index < -0.39 is 6.04 Å². The molecule has 246 valence electrons. The van der Waals surface area contributed by atoms with Gasteiger partial charge in [0.1, 0.15) is 18.4 Å². The van der Waals surface area contributed by atoms with Gasteiger partial charge in [-0.25, -0.2) is 4.68 Å². The Morgan fingerprint density at radius 2 is 1.73 bits per heavy atom. The van der Waals surface area contributed by atoms with Crippen molar-refractivity contribution in [2.75, 3.05) is 24.4 Å². The van der Waals surface area contributed by atoms with Gasteiger partial charge in [0.05, 0.1) is 25.0 Å². The second-order valence-corrected chi connectivity index (χ2v) is 12.6. The lowest BCUT2D eigenvalue weighted by atomic mass is 9.94. The van der Waals surface area contributed by atoms with Gasteiger partial charge in [0.25, 0.3) is 5.91 Å². The highest BCUT2D eigenvalue weighted by Gasteiger charge is 2.35. The third-order valence-corrected chi connectivity index (χ3v) is 9.15. The molecular weight excluding hydrogens is 669 g/mol. The summed E-state index contributed by atoms with van der Waals surface area (Å²) < 4.78 is 19.4. The van der Waals surface area contributed by atoms with E-state index in [1.165, 1.54) is 11.8 Å². The molecule has 0 aliphatic carbocycles. The summed E-state index contributed by atoms with van der Waals surface area (Å²) in [7, 11) is 1.58. The summed E-state index contributed by atoms with van der Waals surface area (Å²) in [6.45, 7) is 4.54. The number of allylic oxidation sites excluding steroid dienone is 1. The van der Waals surface area contributed by atoms with Crippen molar-refractivity contribution in [2.24, 2.45) is 0 Å². The molecule has 1 atom stereocenters. The predicted molar refractivity (Wildman–Crippen MR) is 191 cm³/mol. The zero-order valence-electron chi connectivity index (χ0n) is 26.5. The second-order valence-electron chi connectivity index (χ2n) is 10.8. The number of benzene rings is 4. The van der Waals surface area contributed by atoms with E-state index in [0.29, 0.717) is 74.3 Å². The number of hydrogen-bond acceptors (Lipinski definition) is 8. The number of anilines is 2. The molecule has 1 aliphatic heterocycles. The van der Waals surface area contributed by atoms with Gasteiger partial charge in [0, 0.05) is 21.5 Å². The van der Waals surface area contributed by atoms with Crippen LogP contribution in [0.5, 0.6) is 17.2 Å². The third kappa shape index (κ3) is 7.41. The first-order valence-electron chi connectivity index (χ1n) is 15.2. The zero-order valence-corrected chi connectivity index (χ0v) is 28.8. The zero-order chi connectivity index (χ0) is 33.6. The Morgan fingerprint density at radius 3 is 2.50 bits per heavy atom. The Kier molecular flexibility index (Phi) is 10.4. The predicted octanol–water partition coefficient (Wildman–Crippen LogP) is 8.79. The number of thioether (sulfide) groups is 1. The van der Waals surface area contributed by atoms with Crippen molar-refractivity contribution in [1.29, 1.82) is 0 Å². The van der Waals surface area contributed by atoms with Crippen LogP contribution in [0.3, 0.4) is 0 Å². The summed E-state index contributed by atoms with van der Waals surface area (Å²) in [5, 5.41) is 13.1. The Labute approximate surface area is 293 Å². The van der Waals surface area contributed by atoms with E-state index >= 15 is 0 Å². The van der Waals surface area contributed by atoms with Gasteiger partial charge in [0.2, 0.25) is 11.1 Å². The molecule has 1 aromatic heterocycles. The number of amides is 1. The van der Waals surface area contributed by atoms with Crippen LogP contribution in [0.25, 0.3) is 0 Å². The Bertz CT molecular complexity index is 1960. The van der Waals surface area contributed by atoms with Crippen molar-refractivity contribution >= 4 is 52.5 Å². The lowest BCUT2D eigenvalue weighted by molar-refractivity contribution is -0.113. The summed E-state index contributed by atoms with van der Waals surface area (Å²) in [5.41, 5.74) is 4.34. The number of carbonyl (C=O) groups excluding carboxylic acids is 1. The van der Waals surface area contributed by atoms with Crippen LogP contribution in [0.1, 0.15) is 36.6 Å². The van der Waals surface area contributed by atoms with Crippen molar-refractivity contribution in [3.63, 3.8) is 0 Å². The van der Waals surface area contributed by atoms with Gasteiger partial charge in [0.15, 0.2) is 11.5 Å². The smallest absolute Gasteiger partial charge is 0.255 e. The van der Waals surface area contributed by atoms with Gasteiger partial charge in [-0.15, -0.1) is 5.10 Å². The summed E-state index contributed by atoms with van der Waals surface area (Å²) in [5.74, 6) is 2.41. The summed E-state index contributed by atoms with van der Waals surface area (Å²) in [4.78, 5) is 19.0. The standard InChI is InChI=1S/C36H33Cl2N5O4S/c1-4-46-29-12-8-7-11-28(29)40-34(44)32-22(2)39-35-41-36(48-21-25-9-5-6-10-27(25)38)42-43(35)33(32)24-15-18-30(31(19-24)45-3)47-20-23-13-16-26(37)17-14-23/h5-19,33H,4,20-21H2,1-3H3,(H,40,44)(H,39,41,42). The third-order valence-electron chi connectivity index (χ3n) is 7.64. The van der Waals surface area contributed by atoms with Gasteiger partial charge in [-0.1, -0.05) is 83.5 Å². The van der Waals surface area contributed by atoms with Crippen molar-refractivity contribution in [2.45, 2.75) is 37.4 Å². The van der Waals surface area contributed by atoms with Gasteiger partial charge in [-0.2, -0.15) is 4.98 Å². The highest BCUT2D eigenvalue weighted by Crippen LogP contribution is 2.41. The normalized spacial score (nSPS) is 13.8. The number of carbonyl (C=O) groups is 1. The fraction of sp³-hybridized carbons (Fsp3) is 0.194. The van der Waals surface area contributed by atoms with Crippen LogP contribution in [0.2, 0.25) is 10.0 Å². The number of halogens is 2. The second kappa shape index (κ2) is 15.1. The maximum Gasteiger partial charge on any atom is 0.255 e. The van der Waals surface area contributed by atoms with E-state index in [9.17, 15) is 4.79 Å². The fourth-order valence-corrected chi connectivity index (χ4v) is 6.55. The minimum absolute atomic E-state index is 0.314. The van der Waals surface area contributed by atoms with Crippen LogP contribution in [-0.4, -0.2) is 34.4 Å². The molecule has 0 bridgehead atoms. The average molecular weight is 703 g/mol. The maximum atomic E-state index is 14.2. The van der Waals surface area contributed by atoms with E-state index in [4.69, 9.17) is 47.5 Å². The summed E-state index contributed by atoms with van der Waals surface area (Å²) >= 11 is 13.9. The molecule has 2 heterocycles. The number of aromatic nitrogens is 3. The molecule has 9 nitrogen and oxygen atoms in total.